The van der Waals surface area contributed by atoms with Gasteiger partial charge in [0.25, 0.3) is 0 Å². The van der Waals surface area contributed by atoms with Crippen molar-refractivity contribution in [3.8, 4) is 0 Å². The van der Waals surface area contributed by atoms with Crippen molar-refractivity contribution in [1.29, 1.82) is 0 Å². The molecule has 5 heteroatoms. The van der Waals surface area contributed by atoms with Gasteiger partial charge in [-0.3, -0.25) is 0 Å². The fourth-order valence-electron chi connectivity index (χ4n) is 2.25. The molecule has 0 aliphatic heterocycles. The molecule has 0 spiro atoms. The summed E-state index contributed by atoms with van der Waals surface area (Å²) in [6, 6.07) is 10.6. The van der Waals surface area contributed by atoms with Gasteiger partial charge < -0.3 is 5.32 Å². The van der Waals surface area contributed by atoms with Crippen LogP contribution in [0.3, 0.4) is 0 Å². The SMILES string of the molecule is CCNC(Cc1cccc(F)c1Cl)c1ccc(Cl)cc1Br. The Kier molecular flexibility index (Phi) is 6.06. The lowest BCUT2D eigenvalue weighted by molar-refractivity contribution is 0.545. The summed E-state index contributed by atoms with van der Waals surface area (Å²) in [5, 5.41) is 4.26. The van der Waals surface area contributed by atoms with Crippen molar-refractivity contribution >= 4 is 39.1 Å². The zero-order valence-electron chi connectivity index (χ0n) is 11.5. The van der Waals surface area contributed by atoms with E-state index in [9.17, 15) is 4.39 Å². The third kappa shape index (κ3) is 4.19. The van der Waals surface area contributed by atoms with Gasteiger partial charge in [-0.15, -0.1) is 0 Å². The Labute approximate surface area is 142 Å². The van der Waals surface area contributed by atoms with Crippen LogP contribution < -0.4 is 5.32 Å². The van der Waals surface area contributed by atoms with Crippen LogP contribution in [0.25, 0.3) is 0 Å². The van der Waals surface area contributed by atoms with Gasteiger partial charge in [-0.25, -0.2) is 4.39 Å². The molecular formula is C16H15BrCl2FN. The molecule has 0 saturated carbocycles. The molecule has 0 heterocycles. The van der Waals surface area contributed by atoms with Crippen molar-refractivity contribution in [2.45, 2.75) is 19.4 Å². The lowest BCUT2D eigenvalue weighted by Crippen LogP contribution is -2.23. The standard InChI is InChI=1S/C16H15BrCl2FN/c1-2-21-15(12-7-6-11(18)9-13(12)17)8-10-4-3-5-14(20)16(10)19/h3-7,9,15,21H,2,8H2,1H3. The molecule has 0 fully saturated rings. The van der Waals surface area contributed by atoms with E-state index in [0.29, 0.717) is 11.4 Å². The molecule has 0 aliphatic rings. The van der Waals surface area contributed by atoms with E-state index in [1.165, 1.54) is 6.07 Å². The predicted octanol–water partition coefficient (Wildman–Crippen LogP) is 5.79. The van der Waals surface area contributed by atoms with Gasteiger partial charge in [0, 0.05) is 15.5 Å². The summed E-state index contributed by atoms with van der Waals surface area (Å²) in [5.41, 5.74) is 1.85. The first kappa shape index (κ1) is 16.8. The van der Waals surface area contributed by atoms with Gasteiger partial charge >= 0.3 is 0 Å². The first-order chi connectivity index (χ1) is 10.0. The van der Waals surface area contributed by atoms with Crippen molar-refractivity contribution in [3.05, 3.63) is 67.9 Å². The Balaban J connectivity index is 2.33. The zero-order chi connectivity index (χ0) is 15.4. The Morgan fingerprint density at radius 2 is 2.00 bits per heavy atom. The van der Waals surface area contributed by atoms with Gasteiger partial charge in [-0.05, 0) is 42.3 Å². The van der Waals surface area contributed by atoms with Crippen molar-refractivity contribution < 1.29 is 4.39 Å². The zero-order valence-corrected chi connectivity index (χ0v) is 14.6. The highest BCUT2D eigenvalue weighted by Gasteiger charge is 2.17. The molecule has 0 saturated heterocycles. The number of benzene rings is 2. The van der Waals surface area contributed by atoms with E-state index in [1.54, 1.807) is 6.07 Å². The molecule has 0 amide bonds. The van der Waals surface area contributed by atoms with Crippen LogP contribution in [-0.4, -0.2) is 6.54 Å². The third-order valence-electron chi connectivity index (χ3n) is 3.24. The topological polar surface area (TPSA) is 12.0 Å². The largest absolute Gasteiger partial charge is 0.310 e. The third-order valence-corrected chi connectivity index (χ3v) is 4.59. The summed E-state index contributed by atoms with van der Waals surface area (Å²) in [7, 11) is 0. The summed E-state index contributed by atoms with van der Waals surface area (Å²) in [4.78, 5) is 0. The molecular weight excluding hydrogens is 376 g/mol. The second-order valence-electron chi connectivity index (χ2n) is 4.69. The first-order valence-corrected chi connectivity index (χ1v) is 8.19. The second-order valence-corrected chi connectivity index (χ2v) is 6.36. The Morgan fingerprint density at radius 3 is 2.67 bits per heavy atom. The van der Waals surface area contributed by atoms with Gasteiger partial charge in [-0.1, -0.05) is 64.3 Å². The molecule has 1 nitrogen and oxygen atoms in total. The minimum absolute atomic E-state index is 0.0286. The predicted molar refractivity (Wildman–Crippen MR) is 90.7 cm³/mol. The molecule has 0 bridgehead atoms. The van der Waals surface area contributed by atoms with Gasteiger partial charge in [0.1, 0.15) is 5.82 Å². The maximum atomic E-state index is 13.6. The number of halogens is 4. The molecule has 1 atom stereocenters. The monoisotopic (exact) mass is 389 g/mol. The lowest BCUT2D eigenvalue weighted by Gasteiger charge is -2.21. The summed E-state index contributed by atoms with van der Waals surface area (Å²) < 4.78 is 14.5. The summed E-state index contributed by atoms with van der Waals surface area (Å²) in [6.45, 7) is 2.83. The lowest BCUT2D eigenvalue weighted by atomic mass is 9.98. The minimum atomic E-state index is -0.389. The second kappa shape index (κ2) is 7.59. The highest BCUT2D eigenvalue weighted by Crippen LogP contribution is 2.31. The van der Waals surface area contributed by atoms with Crippen LogP contribution in [0, 0.1) is 5.82 Å². The normalized spacial score (nSPS) is 12.4. The smallest absolute Gasteiger partial charge is 0.142 e. The van der Waals surface area contributed by atoms with Gasteiger partial charge in [-0.2, -0.15) is 0 Å². The number of hydrogen-bond donors (Lipinski definition) is 1. The molecule has 1 unspecified atom stereocenters. The average Bonchev–Trinajstić information content (AvgIpc) is 2.43. The van der Waals surface area contributed by atoms with Gasteiger partial charge in [0.2, 0.25) is 0 Å². The van der Waals surface area contributed by atoms with Crippen LogP contribution in [-0.2, 0) is 6.42 Å². The Bertz CT molecular complexity index is 634. The van der Waals surface area contributed by atoms with E-state index < -0.39 is 0 Å². The molecule has 2 rings (SSSR count). The molecule has 0 aromatic heterocycles. The summed E-state index contributed by atoms with van der Waals surface area (Å²) in [6.07, 6.45) is 0.602. The van der Waals surface area contributed by atoms with Crippen molar-refractivity contribution in [1.82, 2.24) is 5.32 Å². The van der Waals surface area contributed by atoms with Crippen LogP contribution in [0.2, 0.25) is 10.0 Å². The molecule has 0 radical (unpaired) electrons. The van der Waals surface area contributed by atoms with Crippen LogP contribution in [0.5, 0.6) is 0 Å². The highest BCUT2D eigenvalue weighted by atomic mass is 79.9. The molecule has 112 valence electrons. The van der Waals surface area contributed by atoms with Crippen molar-refractivity contribution in [2.75, 3.05) is 6.54 Å². The molecule has 2 aromatic rings. The fourth-order valence-corrected chi connectivity index (χ4v) is 3.41. The molecule has 1 N–H and O–H groups in total. The van der Waals surface area contributed by atoms with Crippen LogP contribution in [0.15, 0.2) is 40.9 Å². The van der Waals surface area contributed by atoms with E-state index in [0.717, 1.165) is 22.1 Å². The number of hydrogen-bond acceptors (Lipinski definition) is 1. The average molecular weight is 391 g/mol. The first-order valence-electron chi connectivity index (χ1n) is 6.64. The van der Waals surface area contributed by atoms with Crippen molar-refractivity contribution in [3.63, 3.8) is 0 Å². The molecule has 0 aliphatic carbocycles. The fraction of sp³-hybridized carbons (Fsp3) is 0.250. The molecule has 2 aromatic carbocycles. The highest BCUT2D eigenvalue weighted by molar-refractivity contribution is 9.10. The van der Waals surface area contributed by atoms with Crippen LogP contribution in [0.4, 0.5) is 4.39 Å². The van der Waals surface area contributed by atoms with E-state index >= 15 is 0 Å². The van der Waals surface area contributed by atoms with Gasteiger partial charge in [0.15, 0.2) is 0 Å². The Morgan fingerprint density at radius 1 is 1.24 bits per heavy atom. The van der Waals surface area contributed by atoms with Crippen LogP contribution >= 0.6 is 39.1 Å². The number of rotatable bonds is 5. The summed E-state index contributed by atoms with van der Waals surface area (Å²) >= 11 is 15.6. The van der Waals surface area contributed by atoms with Crippen molar-refractivity contribution in [2.24, 2.45) is 0 Å². The van der Waals surface area contributed by atoms with E-state index in [2.05, 4.69) is 21.2 Å². The van der Waals surface area contributed by atoms with Gasteiger partial charge in [0.05, 0.1) is 5.02 Å². The van der Waals surface area contributed by atoms with E-state index in [1.807, 2.05) is 31.2 Å². The molecule has 21 heavy (non-hydrogen) atoms. The summed E-state index contributed by atoms with van der Waals surface area (Å²) in [5.74, 6) is -0.389. The van der Waals surface area contributed by atoms with E-state index in [-0.39, 0.29) is 16.9 Å². The minimum Gasteiger partial charge on any atom is -0.310 e. The number of likely N-dealkylation sites (N-methyl/N-ethyl adjacent to an activating group) is 1. The number of nitrogens with one attached hydrogen (secondary N) is 1. The van der Waals surface area contributed by atoms with E-state index in [4.69, 9.17) is 23.2 Å². The maximum absolute atomic E-state index is 13.6. The van der Waals surface area contributed by atoms with Crippen LogP contribution in [0.1, 0.15) is 24.1 Å². The quantitative estimate of drug-likeness (QED) is 0.681. The maximum Gasteiger partial charge on any atom is 0.142 e. The Hall–Kier alpha value is -0.610.